The Morgan fingerprint density at radius 3 is 2.33 bits per heavy atom. The average Bonchev–Trinajstić information content (AvgIpc) is 2.85. The topological polar surface area (TPSA) is 70.1 Å². The molecule has 2 fully saturated rings. The summed E-state index contributed by atoms with van der Waals surface area (Å²) >= 11 is 5.96. The van der Waals surface area contributed by atoms with Crippen LogP contribution in [0.1, 0.15) is 69.3 Å². The zero-order valence-electron chi connectivity index (χ0n) is 19.1. The van der Waals surface area contributed by atoms with Crippen LogP contribution in [0.2, 0.25) is 5.02 Å². The minimum absolute atomic E-state index is 0.0663. The van der Waals surface area contributed by atoms with Crippen LogP contribution in [0.3, 0.4) is 0 Å². The Labute approximate surface area is 200 Å². The van der Waals surface area contributed by atoms with Crippen LogP contribution < -0.4 is 0 Å². The lowest BCUT2D eigenvalue weighted by Crippen LogP contribution is -2.64. The number of hydrazine groups is 1. The van der Waals surface area contributed by atoms with E-state index in [1.54, 1.807) is 31.2 Å². The van der Waals surface area contributed by atoms with Crippen molar-refractivity contribution in [2.75, 3.05) is 0 Å². The number of hydrogen-bond acceptors (Lipinski definition) is 5. The minimum Gasteiger partial charge on any atom is -0.438 e. The number of benzene rings is 2. The molecule has 2 amide bonds. The van der Waals surface area contributed by atoms with Crippen molar-refractivity contribution in [3.05, 3.63) is 70.7 Å². The number of imide groups is 1. The number of nitrogens with zero attached hydrogens (tertiary/aromatic N) is 2. The first-order chi connectivity index (χ1) is 15.9. The summed E-state index contributed by atoms with van der Waals surface area (Å²) in [6.07, 6.45) is 2.87. The molecule has 2 aromatic carbocycles. The molecule has 4 atom stereocenters. The summed E-state index contributed by atoms with van der Waals surface area (Å²) in [5.41, 5.74) is 1.48. The van der Waals surface area contributed by atoms with E-state index in [1.807, 2.05) is 42.3 Å². The van der Waals surface area contributed by atoms with E-state index in [9.17, 15) is 14.7 Å². The van der Waals surface area contributed by atoms with Gasteiger partial charge in [0, 0.05) is 11.1 Å². The largest absolute Gasteiger partial charge is 0.438 e. The lowest BCUT2D eigenvalue weighted by molar-refractivity contribution is -0.186. The number of carbonyl (C=O) groups is 2. The third kappa shape index (κ3) is 4.93. The van der Waals surface area contributed by atoms with Crippen LogP contribution >= 0.6 is 11.6 Å². The van der Waals surface area contributed by atoms with E-state index < -0.39 is 30.1 Å². The molecular weight excluding hydrogens is 440 g/mol. The molecule has 0 spiro atoms. The fourth-order valence-electron chi connectivity index (χ4n) is 4.98. The van der Waals surface area contributed by atoms with Crippen molar-refractivity contribution < 1.29 is 19.4 Å². The lowest BCUT2D eigenvalue weighted by Gasteiger charge is -2.49. The Morgan fingerprint density at radius 2 is 1.70 bits per heavy atom. The number of rotatable bonds is 5. The van der Waals surface area contributed by atoms with E-state index in [4.69, 9.17) is 16.3 Å². The van der Waals surface area contributed by atoms with Crippen LogP contribution in [0.15, 0.2) is 54.6 Å². The van der Waals surface area contributed by atoms with Gasteiger partial charge >= 0.3 is 6.09 Å². The van der Waals surface area contributed by atoms with Gasteiger partial charge in [-0.05, 0) is 43.0 Å². The molecule has 2 aliphatic rings. The van der Waals surface area contributed by atoms with Crippen LogP contribution in [0.25, 0.3) is 0 Å². The van der Waals surface area contributed by atoms with Crippen molar-refractivity contribution in [1.29, 1.82) is 0 Å². The third-order valence-electron chi connectivity index (χ3n) is 6.85. The second-order valence-electron chi connectivity index (χ2n) is 9.06. The number of amides is 2. The molecule has 176 valence electrons. The molecular formula is C26H31ClN2O4. The smallest absolute Gasteiger partial charge is 0.432 e. The number of hydrogen-bond donors (Lipinski definition) is 1. The molecule has 0 bridgehead atoms. The van der Waals surface area contributed by atoms with E-state index >= 15 is 0 Å². The average molecular weight is 471 g/mol. The quantitative estimate of drug-likeness (QED) is 0.609. The first-order valence-corrected chi connectivity index (χ1v) is 12.1. The number of carbonyl (C=O) groups excluding carboxylic acids is 2. The Kier molecular flexibility index (Phi) is 7.37. The van der Waals surface area contributed by atoms with E-state index in [-0.39, 0.29) is 12.1 Å². The van der Waals surface area contributed by atoms with Crippen LogP contribution in [0, 0.1) is 5.92 Å². The van der Waals surface area contributed by atoms with E-state index in [1.165, 1.54) is 0 Å². The van der Waals surface area contributed by atoms with Crippen molar-refractivity contribution in [2.24, 2.45) is 5.92 Å². The van der Waals surface area contributed by atoms with Crippen LogP contribution in [-0.4, -0.2) is 39.2 Å². The number of aliphatic hydroxyl groups is 1. The number of halogens is 1. The van der Waals surface area contributed by atoms with Gasteiger partial charge in [0.2, 0.25) is 0 Å². The molecule has 0 radical (unpaired) electrons. The summed E-state index contributed by atoms with van der Waals surface area (Å²) in [7, 11) is 0. The van der Waals surface area contributed by atoms with Crippen LogP contribution in [0.5, 0.6) is 0 Å². The van der Waals surface area contributed by atoms with Crippen molar-refractivity contribution in [2.45, 2.75) is 70.2 Å². The number of cyclic esters (lactones) is 1. The van der Waals surface area contributed by atoms with Crippen molar-refractivity contribution in [3.8, 4) is 0 Å². The minimum atomic E-state index is -1.07. The molecule has 6 nitrogen and oxygen atoms in total. The Morgan fingerprint density at radius 1 is 1.06 bits per heavy atom. The van der Waals surface area contributed by atoms with Crippen molar-refractivity contribution in [1.82, 2.24) is 10.0 Å². The van der Waals surface area contributed by atoms with Gasteiger partial charge in [0.25, 0.3) is 5.91 Å². The Hall–Kier alpha value is -2.41. The van der Waals surface area contributed by atoms with Crippen LogP contribution in [-0.2, 0) is 9.53 Å². The fraction of sp³-hybridized carbons (Fsp3) is 0.462. The van der Waals surface area contributed by atoms with E-state index in [0.29, 0.717) is 10.6 Å². The number of ether oxygens (including phenoxy) is 1. The van der Waals surface area contributed by atoms with Gasteiger partial charge in [-0.2, -0.15) is 10.0 Å². The molecule has 1 aliphatic heterocycles. The summed E-state index contributed by atoms with van der Waals surface area (Å²) in [6.45, 7) is 3.64. The lowest BCUT2D eigenvalue weighted by atomic mass is 9.91. The Bertz CT molecular complexity index is 962. The fourth-order valence-corrected chi connectivity index (χ4v) is 5.11. The SMILES string of the molecule is C[C@H](C(=O)N1C(=O)O[C@H](c2ccccc2)[C@H](C)N1C1CCCCC1)[C@H](O)c1ccc(Cl)cc1. The van der Waals surface area contributed by atoms with Gasteiger partial charge in [-0.3, -0.25) is 4.79 Å². The molecule has 0 unspecified atom stereocenters. The second kappa shape index (κ2) is 10.2. The van der Waals surface area contributed by atoms with Gasteiger partial charge < -0.3 is 9.84 Å². The molecule has 33 heavy (non-hydrogen) atoms. The molecule has 1 aliphatic carbocycles. The summed E-state index contributed by atoms with van der Waals surface area (Å²) in [6, 6.07) is 16.2. The second-order valence-corrected chi connectivity index (χ2v) is 9.50. The molecule has 0 aromatic heterocycles. The molecule has 1 N–H and O–H groups in total. The first kappa shape index (κ1) is 23.7. The van der Waals surface area contributed by atoms with Gasteiger partial charge in [0.15, 0.2) is 0 Å². The van der Waals surface area contributed by atoms with Gasteiger partial charge in [-0.1, -0.05) is 80.3 Å². The number of aliphatic hydroxyl groups excluding tert-OH is 1. The summed E-state index contributed by atoms with van der Waals surface area (Å²) in [4.78, 5) is 26.9. The first-order valence-electron chi connectivity index (χ1n) is 11.7. The zero-order chi connectivity index (χ0) is 23.5. The predicted octanol–water partition coefficient (Wildman–Crippen LogP) is 5.67. The Balaban J connectivity index is 1.63. The van der Waals surface area contributed by atoms with Gasteiger partial charge in [0.05, 0.1) is 18.1 Å². The highest BCUT2D eigenvalue weighted by atomic mass is 35.5. The maximum atomic E-state index is 13.6. The monoisotopic (exact) mass is 470 g/mol. The normalized spacial score (nSPS) is 24.2. The summed E-state index contributed by atoms with van der Waals surface area (Å²) in [5.74, 6) is -1.31. The van der Waals surface area contributed by atoms with Gasteiger partial charge in [-0.25, -0.2) is 4.79 Å². The summed E-state index contributed by atoms with van der Waals surface area (Å²) < 4.78 is 5.82. The predicted molar refractivity (Wildman–Crippen MR) is 126 cm³/mol. The molecule has 1 saturated heterocycles. The molecule has 7 heteroatoms. The highest BCUT2D eigenvalue weighted by Crippen LogP contribution is 2.38. The van der Waals surface area contributed by atoms with Crippen molar-refractivity contribution >= 4 is 23.6 Å². The van der Waals surface area contributed by atoms with E-state index in [0.717, 1.165) is 42.7 Å². The maximum Gasteiger partial charge on any atom is 0.432 e. The van der Waals surface area contributed by atoms with Crippen molar-refractivity contribution in [3.63, 3.8) is 0 Å². The highest BCUT2D eigenvalue weighted by Gasteiger charge is 2.48. The highest BCUT2D eigenvalue weighted by molar-refractivity contribution is 6.30. The third-order valence-corrected chi connectivity index (χ3v) is 7.10. The van der Waals surface area contributed by atoms with E-state index in [2.05, 4.69) is 0 Å². The molecule has 2 aromatic rings. The van der Waals surface area contributed by atoms with Gasteiger partial charge in [0.1, 0.15) is 6.10 Å². The standard InChI is InChI=1S/C26H31ClN2O4/c1-17(23(30)19-13-15-21(27)16-14-19)25(31)29-26(32)33-24(20-9-5-3-6-10-20)18(2)28(29)22-11-7-4-8-12-22/h3,5-6,9-10,13-18,22-24,30H,4,7-8,11-12H2,1-2H3/t17-,18-,23-,24-/m0/s1. The molecule has 1 saturated carbocycles. The van der Waals surface area contributed by atoms with Gasteiger partial charge in [-0.15, -0.1) is 0 Å². The molecule has 4 rings (SSSR count). The maximum absolute atomic E-state index is 13.6. The summed E-state index contributed by atoms with van der Waals surface area (Å²) in [5, 5.41) is 14.5. The molecule has 1 heterocycles. The van der Waals surface area contributed by atoms with Crippen LogP contribution in [0.4, 0.5) is 4.79 Å². The zero-order valence-corrected chi connectivity index (χ0v) is 19.8.